The first-order chi connectivity index (χ1) is 8.61. The molecule has 0 saturated carbocycles. The first-order valence-corrected chi connectivity index (χ1v) is 5.21. The molecule has 0 bridgehead atoms. The predicted octanol–water partition coefficient (Wildman–Crippen LogP) is 3.17. The molecule has 18 heavy (non-hydrogen) atoms. The van der Waals surface area contributed by atoms with Gasteiger partial charge in [0.2, 0.25) is 0 Å². The van der Waals surface area contributed by atoms with Gasteiger partial charge in [0.15, 0.2) is 0 Å². The van der Waals surface area contributed by atoms with Gasteiger partial charge in [0.05, 0.1) is 5.56 Å². The van der Waals surface area contributed by atoms with Gasteiger partial charge < -0.3 is 5.11 Å². The molecule has 0 spiro atoms. The summed E-state index contributed by atoms with van der Waals surface area (Å²) in [6.07, 6.45) is 5.24. The Labute approximate surface area is 104 Å². The molecule has 88 valence electrons. The monoisotopic (exact) mass is 240 g/mol. The zero-order chi connectivity index (χ0) is 13.1. The van der Waals surface area contributed by atoms with Crippen molar-refractivity contribution < 1.29 is 14.3 Å². The van der Waals surface area contributed by atoms with Crippen molar-refractivity contribution in [2.45, 2.75) is 0 Å². The van der Waals surface area contributed by atoms with Crippen molar-refractivity contribution in [3.8, 4) is 23.5 Å². The Bertz CT molecular complexity index is 637. The van der Waals surface area contributed by atoms with Gasteiger partial charge >= 0.3 is 5.97 Å². The lowest BCUT2D eigenvalue weighted by molar-refractivity contribution is 0.0692. The van der Waals surface area contributed by atoms with Gasteiger partial charge in [-0.1, -0.05) is 24.1 Å². The van der Waals surface area contributed by atoms with Gasteiger partial charge in [0, 0.05) is 5.56 Å². The summed E-state index contributed by atoms with van der Waals surface area (Å²) in [5.41, 5.74) is 1.80. The fourth-order valence-corrected chi connectivity index (χ4v) is 1.63. The zero-order valence-electron chi connectivity index (χ0n) is 9.35. The van der Waals surface area contributed by atoms with E-state index in [-0.39, 0.29) is 5.56 Å². The van der Waals surface area contributed by atoms with E-state index in [9.17, 15) is 9.18 Å². The Morgan fingerprint density at radius 3 is 2.22 bits per heavy atom. The van der Waals surface area contributed by atoms with Gasteiger partial charge in [-0.2, -0.15) is 0 Å². The number of benzene rings is 2. The summed E-state index contributed by atoms with van der Waals surface area (Å²) in [7, 11) is 0. The highest BCUT2D eigenvalue weighted by Crippen LogP contribution is 2.22. The number of terminal acetylenes is 1. The van der Waals surface area contributed by atoms with Crippen molar-refractivity contribution in [1.82, 2.24) is 0 Å². The van der Waals surface area contributed by atoms with E-state index in [0.29, 0.717) is 5.56 Å². The summed E-state index contributed by atoms with van der Waals surface area (Å²) in [6.45, 7) is 0. The second-order valence-electron chi connectivity index (χ2n) is 3.72. The lowest BCUT2D eigenvalue weighted by Crippen LogP contribution is -2.00. The van der Waals surface area contributed by atoms with Gasteiger partial charge in [-0.3, -0.25) is 0 Å². The normalized spacial score (nSPS) is 9.78. The standard InChI is InChI=1S/C15H9FO2/c1-2-10-3-5-11(6-4-10)12-7-8-13(15(17)18)14(16)9-12/h1,3-9H,(H,17,18). The van der Waals surface area contributed by atoms with Crippen LogP contribution in [-0.2, 0) is 0 Å². The van der Waals surface area contributed by atoms with Crippen LogP contribution in [0.1, 0.15) is 15.9 Å². The minimum atomic E-state index is -1.28. The van der Waals surface area contributed by atoms with E-state index in [1.807, 2.05) is 0 Å². The van der Waals surface area contributed by atoms with Gasteiger partial charge in [-0.05, 0) is 35.4 Å². The van der Waals surface area contributed by atoms with E-state index in [1.165, 1.54) is 12.1 Å². The highest BCUT2D eigenvalue weighted by atomic mass is 19.1. The van der Waals surface area contributed by atoms with E-state index >= 15 is 0 Å². The number of carbonyl (C=O) groups is 1. The van der Waals surface area contributed by atoms with Crippen molar-refractivity contribution in [1.29, 1.82) is 0 Å². The van der Waals surface area contributed by atoms with Crippen molar-refractivity contribution >= 4 is 5.97 Å². The summed E-state index contributed by atoms with van der Waals surface area (Å²) in [5.74, 6) is 0.464. The van der Waals surface area contributed by atoms with Gasteiger partial charge in [-0.15, -0.1) is 6.42 Å². The average molecular weight is 240 g/mol. The fourth-order valence-electron chi connectivity index (χ4n) is 1.63. The third kappa shape index (κ3) is 2.23. The van der Waals surface area contributed by atoms with E-state index < -0.39 is 11.8 Å². The third-order valence-electron chi connectivity index (χ3n) is 2.58. The Morgan fingerprint density at radius 1 is 1.11 bits per heavy atom. The van der Waals surface area contributed by atoms with E-state index in [0.717, 1.165) is 11.1 Å². The molecule has 0 aliphatic heterocycles. The summed E-state index contributed by atoms with van der Waals surface area (Å²) in [6, 6.07) is 11.1. The first kappa shape index (κ1) is 11.9. The van der Waals surface area contributed by atoms with Crippen LogP contribution >= 0.6 is 0 Å². The molecule has 0 amide bonds. The average Bonchev–Trinajstić information content (AvgIpc) is 2.38. The number of halogens is 1. The second kappa shape index (κ2) is 4.72. The molecular weight excluding hydrogens is 231 g/mol. The Balaban J connectivity index is 2.42. The minimum absolute atomic E-state index is 0.334. The molecule has 0 heterocycles. The number of carboxylic acids is 1. The molecule has 0 unspecified atom stereocenters. The van der Waals surface area contributed by atoms with E-state index in [4.69, 9.17) is 11.5 Å². The number of aromatic carboxylic acids is 1. The van der Waals surface area contributed by atoms with Crippen molar-refractivity contribution in [3.05, 3.63) is 59.4 Å². The summed E-state index contributed by atoms with van der Waals surface area (Å²) < 4.78 is 13.5. The van der Waals surface area contributed by atoms with Crippen molar-refractivity contribution in [2.75, 3.05) is 0 Å². The molecule has 0 aliphatic carbocycles. The minimum Gasteiger partial charge on any atom is -0.478 e. The summed E-state index contributed by atoms with van der Waals surface area (Å²) in [5, 5.41) is 8.73. The van der Waals surface area contributed by atoms with Crippen LogP contribution in [0.5, 0.6) is 0 Å². The van der Waals surface area contributed by atoms with Crippen LogP contribution in [0.25, 0.3) is 11.1 Å². The SMILES string of the molecule is C#Cc1ccc(-c2ccc(C(=O)O)c(F)c2)cc1. The highest BCUT2D eigenvalue weighted by molar-refractivity contribution is 5.88. The molecule has 0 fully saturated rings. The van der Waals surface area contributed by atoms with Crippen LogP contribution in [-0.4, -0.2) is 11.1 Å². The molecule has 0 atom stereocenters. The van der Waals surface area contributed by atoms with Crippen LogP contribution in [0, 0.1) is 18.2 Å². The lowest BCUT2D eigenvalue weighted by Gasteiger charge is -2.04. The van der Waals surface area contributed by atoms with Crippen molar-refractivity contribution in [3.63, 3.8) is 0 Å². The van der Waals surface area contributed by atoms with Gasteiger partial charge in [-0.25, -0.2) is 9.18 Å². The molecule has 3 heteroatoms. The number of hydrogen-bond acceptors (Lipinski definition) is 1. The Hall–Kier alpha value is -2.60. The molecule has 0 aromatic heterocycles. The molecule has 0 saturated heterocycles. The second-order valence-corrected chi connectivity index (χ2v) is 3.72. The van der Waals surface area contributed by atoms with Crippen LogP contribution in [0.4, 0.5) is 4.39 Å². The highest BCUT2D eigenvalue weighted by Gasteiger charge is 2.10. The molecular formula is C15H9FO2. The van der Waals surface area contributed by atoms with Crippen LogP contribution < -0.4 is 0 Å². The Morgan fingerprint density at radius 2 is 1.72 bits per heavy atom. The zero-order valence-corrected chi connectivity index (χ0v) is 9.35. The summed E-state index contributed by atoms with van der Waals surface area (Å²) in [4.78, 5) is 10.7. The van der Waals surface area contributed by atoms with Gasteiger partial charge in [0.1, 0.15) is 5.82 Å². The Kier molecular flexibility index (Phi) is 3.11. The maximum Gasteiger partial charge on any atom is 0.338 e. The van der Waals surface area contributed by atoms with Crippen LogP contribution in [0.15, 0.2) is 42.5 Å². The molecule has 2 rings (SSSR count). The quantitative estimate of drug-likeness (QED) is 0.818. The van der Waals surface area contributed by atoms with E-state index in [1.54, 1.807) is 30.3 Å². The molecule has 1 N–H and O–H groups in total. The molecule has 2 aromatic rings. The molecule has 2 aromatic carbocycles. The van der Waals surface area contributed by atoms with Crippen LogP contribution in [0.3, 0.4) is 0 Å². The van der Waals surface area contributed by atoms with Crippen LogP contribution in [0.2, 0.25) is 0 Å². The molecule has 0 aliphatic rings. The number of rotatable bonds is 2. The maximum absolute atomic E-state index is 13.5. The maximum atomic E-state index is 13.5. The largest absolute Gasteiger partial charge is 0.478 e. The smallest absolute Gasteiger partial charge is 0.338 e. The molecule has 0 radical (unpaired) electrons. The predicted molar refractivity (Wildman–Crippen MR) is 66.7 cm³/mol. The topological polar surface area (TPSA) is 37.3 Å². The molecule has 2 nitrogen and oxygen atoms in total. The number of hydrogen-bond donors (Lipinski definition) is 1. The van der Waals surface area contributed by atoms with Crippen molar-refractivity contribution in [2.24, 2.45) is 0 Å². The van der Waals surface area contributed by atoms with Gasteiger partial charge in [0.25, 0.3) is 0 Å². The van der Waals surface area contributed by atoms with E-state index in [2.05, 4.69) is 5.92 Å². The lowest BCUT2D eigenvalue weighted by atomic mass is 10.0. The fraction of sp³-hybridized carbons (Fsp3) is 0. The number of carboxylic acid groups (broad SMARTS) is 1. The summed E-state index contributed by atoms with van der Waals surface area (Å²) >= 11 is 0. The third-order valence-corrected chi connectivity index (χ3v) is 2.58. The first-order valence-electron chi connectivity index (χ1n) is 5.21.